The first-order valence-electron chi connectivity index (χ1n) is 11.7. The fraction of sp³-hybridized carbons (Fsp3) is 0.179. The van der Waals surface area contributed by atoms with Crippen molar-refractivity contribution >= 4 is 39.2 Å². The fourth-order valence-electron chi connectivity index (χ4n) is 4.69. The molecule has 0 unspecified atom stereocenters. The molecule has 7 heteroatoms. The van der Waals surface area contributed by atoms with E-state index in [4.69, 9.17) is 8.94 Å². The lowest BCUT2D eigenvalue weighted by Crippen LogP contribution is -2.25. The van der Waals surface area contributed by atoms with Crippen LogP contribution in [0.1, 0.15) is 28.8 Å². The number of hydrogen-bond donors (Lipinski definition) is 1. The van der Waals surface area contributed by atoms with E-state index < -0.39 is 11.5 Å². The molecule has 1 fully saturated rings. The van der Waals surface area contributed by atoms with Crippen molar-refractivity contribution in [2.75, 3.05) is 23.3 Å². The maximum absolute atomic E-state index is 13.4. The maximum atomic E-state index is 13.4. The van der Waals surface area contributed by atoms with Gasteiger partial charge in [-0.15, -0.1) is 0 Å². The van der Waals surface area contributed by atoms with Gasteiger partial charge in [0.15, 0.2) is 11.4 Å². The number of nitrogens with one attached hydrogen (secondary N) is 1. The maximum Gasteiger partial charge on any atom is 0.362 e. The van der Waals surface area contributed by atoms with E-state index in [1.54, 1.807) is 24.3 Å². The molecule has 1 saturated heterocycles. The molecule has 0 aliphatic carbocycles. The van der Waals surface area contributed by atoms with Crippen molar-refractivity contribution in [1.82, 2.24) is 5.16 Å². The zero-order valence-electron chi connectivity index (χ0n) is 19.2. The highest BCUT2D eigenvalue weighted by Gasteiger charge is 2.24. The summed E-state index contributed by atoms with van der Waals surface area (Å²) >= 11 is 0. The fourth-order valence-corrected chi connectivity index (χ4v) is 4.69. The van der Waals surface area contributed by atoms with Gasteiger partial charge in [-0.1, -0.05) is 47.1 Å². The predicted octanol–water partition coefficient (Wildman–Crippen LogP) is 5.76. The summed E-state index contributed by atoms with van der Waals surface area (Å²) in [5.74, 6) is 0.198. The van der Waals surface area contributed by atoms with Crippen LogP contribution in [0.2, 0.25) is 0 Å². The monoisotopic (exact) mass is 465 g/mol. The van der Waals surface area contributed by atoms with Gasteiger partial charge in [0.25, 0.3) is 5.91 Å². The van der Waals surface area contributed by atoms with Gasteiger partial charge in [-0.05, 0) is 50.1 Å². The highest BCUT2D eigenvalue weighted by molar-refractivity contribution is 6.10. The highest BCUT2D eigenvalue weighted by atomic mass is 16.5. The Morgan fingerprint density at radius 3 is 2.54 bits per heavy atom. The largest absolute Gasteiger partial charge is 0.421 e. The molecule has 1 aliphatic heterocycles. The standard InChI is InChI=1S/C28H23N3O4/c1-17-8-10-18(11-9-17)26-21-16-19(12-13-22(21)30-35-26)27(32)29-24-25(31-14-4-5-15-31)20-6-2-3-7-23(20)34-28(24)33/h2-3,6-13,16H,4-5,14-15H2,1H3,(H,29,32). The number of fused-ring (bicyclic) bond motifs is 2. The molecular formula is C28H23N3O4. The molecule has 0 atom stereocenters. The van der Waals surface area contributed by atoms with Gasteiger partial charge in [0, 0.05) is 29.6 Å². The normalized spacial score (nSPS) is 13.6. The van der Waals surface area contributed by atoms with Crippen LogP contribution < -0.4 is 15.8 Å². The molecule has 3 aromatic carbocycles. The third-order valence-corrected chi connectivity index (χ3v) is 6.50. The number of rotatable bonds is 4. The number of carbonyl (C=O) groups is 1. The first kappa shape index (κ1) is 21.2. The number of aromatic nitrogens is 1. The number of para-hydroxylation sites is 1. The summed E-state index contributed by atoms with van der Waals surface area (Å²) in [6.07, 6.45) is 2.07. The Morgan fingerprint density at radius 2 is 1.74 bits per heavy atom. The summed E-state index contributed by atoms with van der Waals surface area (Å²) in [5.41, 5.74) is 3.89. The van der Waals surface area contributed by atoms with Crippen molar-refractivity contribution < 1.29 is 13.7 Å². The van der Waals surface area contributed by atoms with Gasteiger partial charge in [0.2, 0.25) is 0 Å². The van der Waals surface area contributed by atoms with Crippen molar-refractivity contribution in [2.24, 2.45) is 0 Å². The van der Waals surface area contributed by atoms with Crippen LogP contribution >= 0.6 is 0 Å². The molecule has 5 aromatic rings. The van der Waals surface area contributed by atoms with Crippen LogP contribution in [0.15, 0.2) is 80.5 Å². The SMILES string of the molecule is Cc1ccc(-c2onc3ccc(C(=O)Nc4c(N5CCCC5)c5ccccc5oc4=O)cc23)cc1. The minimum absolute atomic E-state index is 0.166. The molecule has 0 bridgehead atoms. The molecule has 1 N–H and O–H groups in total. The van der Waals surface area contributed by atoms with E-state index in [-0.39, 0.29) is 5.69 Å². The summed E-state index contributed by atoms with van der Waals surface area (Å²) in [4.78, 5) is 28.5. The molecule has 35 heavy (non-hydrogen) atoms. The molecule has 0 radical (unpaired) electrons. The molecule has 1 aliphatic rings. The zero-order valence-corrected chi connectivity index (χ0v) is 19.2. The van der Waals surface area contributed by atoms with Crippen LogP contribution in [0.5, 0.6) is 0 Å². The van der Waals surface area contributed by atoms with Crippen molar-refractivity contribution in [3.8, 4) is 11.3 Å². The Balaban J connectivity index is 1.41. The van der Waals surface area contributed by atoms with Crippen molar-refractivity contribution in [3.05, 3.63) is 88.3 Å². The van der Waals surface area contributed by atoms with Crippen LogP contribution in [-0.2, 0) is 0 Å². The summed E-state index contributed by atoms with van der Waals surface area (Å²) < 4.78 is 11.1. The van der Waals surface area contributed by atoms with Crippen molar-refractivity contribution in [2.45, 2.75) is 19.8 Å². The molecule has 0 spiro atoms. The molecule has 1 amide bonds. The molecule has 174 valence electrons. The lowest BCUT2D eigenvalue weighted by molar-refractivity contribution is 0.102. The van der Waals surface area contributed by atoms with Gasteiger partial charge in [-0.3, -0.25) is 4.79 Å². The van der Waals surface area contributed by atoms with Gasteiger partial charge in [-0.25, -0.2) is 4.79 Å². The van der Waals surface area contributed by atoms with Crippen LogP contribution in [0, 0.1) is 6.92 Å². The van der Waals surface area contributed by atoms with E-state index >= 15 is 0 Å². The molecule has 3 heterocycles. The van der Waals surface area contributed by atoms with Gasteiger partial charge in [0.05, 0.1) is 11.1 Å². The second kappa shape index (κ2) is 8.43. The molecule has 0 saturated carbocycles. The lowest BCUT2D eigenvalue weighted by Gasteiger charge is -2.22. The minimum atomic E-state index is -0.564. The average Bonchev–Trinajstić information content (AvgIpc) is 3.55. The van der Waals surface area contributed by atoms with E-state index in [1.165, 1.54) is 0 Å². The van der Waals surface area contributed by atoms with Crippen molar-refractivity contribution in [3.63, 3.8) is 0 Å². The third-order valence-electron chi connectivity index (χ3n) is 6.50. The smallest absolute Gasteiger partial charge is 0.362 e. The molecular weight excluding hydrogens is 442 g/mol. The van der Waals surface area contributed by atoms with E-state index in [0.29, 0.717) is 28.1 Å². The first-order chi connectivity index (χ1) is 17.1. The number of aryl methyl sites for hydroxylation is 1. The Bertz CT molecular complexity index is 1630. The van der Waals surface area contributed by atoms with Gasteiger partial charge in [-0.2, -0.15) is 0 Å². The predicted molar refractivity (Wildman–Crippen MR) is 136 cm³/mol. The number of anilines is 2. The molecule has 6 rings (SSSR count). The van der Waals surface area contributed by atoms with E-state index in [1.807, 2.05) is 49.4 Å². The van der Waals surface area contributed by atoms with Crippen LogP contribution in [0.4, 0.5) is 11.4 Å². The average molecular weight is 466 g/mol. The summed E-state index contributed by atoms with van der Waals surface area (Å²) in [5, 5.41) is 8.52. The van der Waals surface area contributed by atoms with Gasteiger partial charge < -0.3 is 19.2 Å². The van der Waals surface area contributed by atoms with Crippen molar-refractivity contribution in [1.29, 1.82) is 0 Å². The number of hydrogen-bond acceptors (Lipinski definition) is 6. The number of nitrogens with zero attached hydrogens (tertiary/aromatic N) is 2. The first-order valence-corrected chi connectivity index (χ1v) is 11.7. The number of carbonyl (C=O) groups excluding carboxylic acids is 1. The highest BCUT2D eigenvalue weighted by Crippen LogP contribution is 2.35. The Morgan fingerprint density at radius 1 is 0.971 bits per heavy atom. The lowest BCUT2D eigenvalue weighted by atomic mass is 10.0. The van der Waals surface area contributed by atoms with Crippen LogP contribution in [0.25, 0.3) is 33.2 Å². The second-order valence-corrected chi connectivity index (χ2v) is 8.87. The van der Waals surface area contributed by atoms with Gasteiger partial charge >= 0.3 is 5.63 Å². The van der Waals surface area contributed by atoms with E-state index in [0.717, 1.165) is 47.8 Å². The number of amides is 1. The second-order valence-electron chi connectivity index (χ2n) is 8.87. The quantitative estimate of drug-likeness (QED) is 0.339. The zero-order chi connectivity index (χ0) is 23.9. The molecule has 2 aromatic heterocycles. The van der Waals surface area contributed by atoms with Gasteiger partial charge in [0.1, 0.15) is 11.1 Å². The van der Waals surface area contributed by atoms with E-state index in [2.05, 4.69) is 15.4 Å². The van der Waals surface area contributed by atoms with Crippen LogP contribution in [0.3, 0.4) is 0 Å². The minimum Gasteiger partial charge on any atom is -0.421 e. The van der Waals surface area contributed by atoms with Crippen LogP contribution in [-0.4, -0.2) is 24.2 Å². The Kier molecular flexibility index (Phi) is 5.10. The topological polar surface area (TPSA) is 88.6 Å². The number of benzene rings is 3. The van der Waals surface area contributed by atoms with E-state index in [9.17, 15) is 9.59 Å². The Hall–Kier alpha value is -4.39. The molecule has 7 nitrogen and oxygen atoms in total. The Labute approximate surface area is 200 Å². The summed E-state index contributed by atoms with van der Waals surface area (Å²) in [6.45, 7) is 3.66. The third kappa shape index (κ3) is 3.75. The summed E-state index contributed by atoms with van der Waals surface area (Å²) in [7, 11) is 0. The summed E-state index contributed by atoms with van der Waals surface area (Å²) in [6, 6.07) is 20.5.